The lowest BCUT2D eigenvalue weighted by molar-refractivity contribution is 0.199. The SMILES string of the molecule is CC(C)CCN(CCC(C)C)c1ccccc1[C@H](C)O. The van der Waals surface area contributed by atoms with Gasteiger partial charge in [-0.25, -0.2) is 0 Å². The third-order valence-corrected chi connectivity index (χ3v) is 3.68. The average molecular weight is 277 g/mol. The summed E-state index contributed by atoms with van der Waals surface area (Å²) in [5.41, 5.74) is 2.24. The van der Waals surface area contributed by atoms with E-state index in [2.05, 4.69) is 44.7 Å². The van der Waals surface area contributed by atoms with Gasteiger partial charge in [0.25, 0.3) is 0 Å². The van der Waals surface area contributed by atoms with Crippen molar-refractivity contribution in [1.29, 1.82) is 0 Å². The second kappa shape index (κ2) is 8.31. The van der Waals surface area contributed by atoms with Crippen LogP contribution in [0.4, 0.5) is 5.69 Å². The van der Waals surface area contributed by atoms with Gasteiger partial charge >= 0.3 is 0 Å². The molecule has 2 nitrogen and oxygen atoms in total. The molecule has 0 saturated heterocycles. The fraction of sp³-hybridized carbons (Fsp3) is 0.667. The van der Waals surface area contributed by atoms with Gasteiger partial charge in [-0.1, -0.05) is 45.9 Å². The third kappa shape index (κ3) is 5.54. The minimum absolute atomic E-state index is 0.410. The van der Waals surface area contributed by atoms with Crippen molar-refractivity contribution in [2.24, 2.45) is 11.8 Å². The van der Waals surface area contributed by atoms with Crippen LogP contribution >= 0.6 is 0 Å². The van der Waals surface area contributed by atoms with Gasteiger partial charge in [-0.05, 0) is 37.7 Å². The Morgan fingerprint density at radius 3 is 1.85 bits per heavy atom. The zero-order chi connectivity index (χ0) is 15.1. The molecule has 0 radical (unpaired) electrons. The average Bonchev–Trinajstić information content (AvgIpc) is 2.38. The molecule has 0 fully saturated rings. The number of hydrogen-bond acceptors (Lipinski definition) is 2. The number of rotatable bonds is 8. The van der Waals surface area contributed by atoms with Crippen molar-refractivity contribution in [2.45, 2.75) is 53.6 Å². The summed E-state index contributed by atoms with van der Waals surface area (Å²) < 4.78 is 0. The first-order valence-corrected chi connectivity index (χ1v) is 7.93. The Morgan fingerprint density at radius 1 is 0.900 bits per heavy atom. The van der Waals surface area contributed by atoms with Crippen LogP contribution in [-0.4, -0.2) is 18.2 Å². The zero-order valence-corrected chi connectivity index (χ0v) is 13.8. The van der Waals surface area contributed by atoms with Crippen molar-refractivity contribution in [3.63, 3.8) is 0 Å². The molecule has 0 aliphatic rings. The van der Waals surface area contributed by atoms with Crippen LogP contribution in [-0.2, 0) is 0 Å². The van der Waals surface area contributed by atoms with E-state index in [0.29, 0.717) is 11.8 Å². The van der Waals surface area contributed by atoms with Crippen molar-refractivity contribution < 1.29 is 5.11 Å². The summed E-state index contributed by atoms with van der Waals surface area (Å²) in [5.74, 6) is 1.41. The quantitative estimate of drug-likeness (QED) is 0.748. The van der Waals surface area contributed by atoms with E-state index < -0.39 is 6.10 Å². The Balaban J connectivity index is 2.90. The molecular weight excluding hydrogens is 246 g/mol. The van der Waals surface area contributed by atoms with Gasteiger partial charge < -0.3 is 10.0 Å². The van der Waals surface area contributed by atoms with Crippen LogP contribution in [0.2, 0.25) is 0 Å². The molecule has 0 aromatic heterocycles. The fourth-order valence-corrected chi connectivity index (χ4v) is 2.31. The summed E-state index contributed by atoms with van der Waals surface area (Å²) in [6.07, 6.45) is 1.96. The van der Waals surface area contributed by atoms with Gasteiger partial charge in [0.15, 0.2) is 0 Å². The Kier molecular flexibility index (Phi) is 7.08. The molecule has 114 valence electrons. The minimum Gasteiger partial charge on any atom is -0.389 e. The Hall–Kier alpha value is -1.02. The van der Waals surface area contributed by atoms with Gasteiger partial charge in [-0.15, -0.1) is 0 Å². The molecular formula is C18H31NO. The van der Waals surface area contributed by atoms with Gasteiger partial charge in [-0.3, -0.25) is 0 Å². The normalized spacial score (nSPS) is 13.0. The van der Waals surface area contributed by atoms with Crippen molar-refractivity contribution >= 4 is 5.69 Å². The smallest absolute Gasteiger partial charge is 0.0781 e. The maximum Gasteiger partial charge on any atom is 0.0781 e. The first-order chi connectivity index (χ1) is 9.41. The molecule has 1 N–H and O–H groups in total. The fourth-order valence-electron chi connectivity index (χ4n) is 2.31. The zero-order valence-electron chi connectivity index (χ0n) is 13.8. The molecule has 20 heavy (non-hydrogen) atoms. The summed E-state index contributed by atoms with van der Waals surface area (Å²) in [4.78, 5) is 2.45. The highest BCUT2D eigenvalue weighted by Gasteiger charge is 2.14. The predicted molar refractivity (Wildman–Crippen MR) is 88.2 cm³/mol. The van der Waals surface area contributed by atoms with Crippen molar-refractivity contribution in [2.75, 3.05) is 18.0 Å². The first kappa shape index (κ1) is 17.0. The number of aliphatic hydroxyl groups excluding tert-OH is 1. The van der Waals surface area contributed by atoms with E-state index in [-0.39, 0.29) is 0 Å². The van der Waals surface area contributed by atoms with Gasteiger partial charge in [0.2, 0.25) is 0 Å². The highest BCUT2D eigenvalue weighted by Crippen LogP contribution is 2.27. The standard InChI is InChI=1S/C18H31NO/c1-14(2)10-12-19(13-11-15(3)4)18-9-7-6-8-17(18)16(5)20/h6-9,14-16,20H,10-13H2,1-5H3/t16-/m0/s1. The number of benzene rings is 1. The summed E-state index contributed by atoms with van der Waals surface area (Å²) in [6.45, 7) is 13.0. The van der Waals surface area contributed by atoms with E-state index in [1.54, 1.807) is 0 Å². The molecule has 1 aromatic carbocycles. The lowest BCUT2D eigenvalue weighted by atomic mass is 10.0. The number of nitrogens with zero attached hydrogens (tertiary/aromatic N) is 1. The molecule has 0 saturated carbocycles. The molecule has 1 rings (SSSR count). The molecule has 1 aromatic rings. The Labute approximate surface area is 124 Å². The van der Waals surface area contributed by atoms with Crippen LogP contribution in [0.1, 0.15) is 59.1 Å². The van der Waals surface area contributed by atoms with Crippen molar-refractivity contribution in [3.05, 3.63) is 29.8 Å². The van der Waals surface area contributed by atoms with Gasteiger partial charge in [-0.2, -0.15) is 0 Å². The number of anilines is 1. The number of hydrogen-bond donors (Lipinski definition) is 1. The van der Waals surface area contributed by atoms with E-state index in [9.17, 15) is 5.11 Å². The van der Waals surface area contributed by atoms with Gasteiger partial charge in [0.05, 0.1) is 6.10 Å². The maximum absolute atomic E-state index is 9.98. The monoisotopic (exact) mass is 277 g/mol. The number of para-hydroxylation sites is 1. The molecule has 0 amide bonds. The van der Waals surface area contributed by atoms with Gasteiger partial charge in [0.1, 0.15) is 0 Å². The van der Waals surface area contributed by atoms with Crippen molar-refractivity contribution in [1.82, 2.24) is 0 Å². The van der Waals surface area contributed by atoms with E-state index in [0.717, 1.165) is 18.7 Å². The topological polar surface area (TPSA) is 23.5 Å². The maximum atomic E-state index is 9.98. The van der Waals surface area contributed by atoms with Crippen LogP contribution < -0.4 is 4.90 Å². The summed E-state index contributed by atoms with van der Waals surface area (Å²) in [6, 6.07) is 8.26. The minimum atomic E-state index is -0.410. The van der Waals surface area contributed by atoms with Crippen molar-refractivity contribution in [3.8, 4) is 0 Å². The molecule has 0 heterocycles. The summed E-state index contributed by atoms with van der Waals surface area (Å²) >= 11 is 0. The van der Waals surface area contributed by atoms with E-state index in [1.807, 2.05) is 19.1 Å². The third-order valence-electron chi connectivity index (χ3n) is 3.68. The second-order valence-electron chi connectivity index (χ2n) is 6.59. The van der Waals surface area contributed by atoms with Crippen LogP contribution in [0.5, 0.6) is 0 Å². The Morgan fingerprint density at radius 2 is 1.40 bits per heavy atom. The van der Waals surface area contributed by atoms with E-state index >= 15 is 0 Å². The van der Waals surface area contributed by atoms with E-state index in [4.69, 9.17) is 0 Å². The molecule has 2 heteroatoms. The number of aliphatic hydroxyl groups is 1. The summed E-state index contributed by atoms with van der Waals surface area (Å²) in [5, 5.41) is 9.98. The highest BCUT2D eigenvalue weighted by atomic mass is 16.3. The largest absolute Gasteiger partial charge is 0.389 e. The second-order valence-corrected chi connectivity index (χ2v) is 6.59. The van der Waals surface area contributed by atoms with Gasteiger partial charge in [0, 0.05) is 24.3 Å². The lowest BCUT2D eigenvalue weighted by Gasteiger charge is -2.29. The lowest BCUT2D eigenvalue weighted by Crippen LogP contribution is -2.28. The molecule has 0 aliphatic carbocycles. The molecule has 0 spiro atoms. The molecule has 0 aliphatic heterocycles. The Bertz CT molecular complexity index is 373. The molecule has 1 atom stereocenters. The van der Waals surface area contributed by atoms with Crippen LogP contribution in [0, 0.1) is 11.8 Å². The molecule has 0 bridgehead atoms. The van der Waals surface area contributed by atoms with Crippen LogP contribution in [0.15, 0.2) is 24.3 Å². The molecule has 0 unspecified atom stereocenters. The van der Waals surface area contributed by atoms with Crippen LogP contribution in [0.25, 0.3) is 0 Å². The summed E-state index contributed by atoms with van der Waals surface area (Å²) in [7, 11) is 0. The van der Waals surface area contributed by atoms with E-state index in [1.165, 1.54) is 18.5 Å². The first-order valence-electron chi connectivity index (χ1n) is 7.93. The highest BCUT2D eigenvalue weighted by molar-refractivity contribution is 5.54. The van der Waals surface area contributed by atoms with Crippen LogP contribution in [0.3, 0.4) is 0 Å². The predicted octanol–water partition coefficient (Wildman–Crippen LogP) is 4.64.